The van der Waals surface area contributed by atoms with E-state index >= 15 is 0 Å². The van der Waals surface area contributed by atoms with Crippen LogP contribution in [0.5, 0.6) is 0 Å². The highest BCUT2D eigenvalue weighted by atomic mass is 32.2. The largest absolute Gasteiger partial charge is 0.389 e. The Morgan fingerprint density at radius 3 is 2.53 bits per heavy atom. The molecule has 0 aliphatic rings. The van der Waals surface area contributed by atoms with Crippen LogP contribution in [-0.2, 0) is 19.3 Å². The Kier molecular flexibility index (Phi) is 8.71. The number of aliphatic hydroxyl groups is 1. The molecule has 0 radical (unpaired) electrons. The van der Waals surface area contributed by atoms with E-state index in [0.717, 1.165) is 0 Å². The third-order valence-corrected chi connectivity index (χ3v) is 2.95. The molecule has 0 saturated carbocycles. The lowest BCUT2D eigenvalue weighted by Gasteiger charge is -2.16. The van der Waals surface area contributed by atoms with Crippen molar-refractivity contribution in [2.24, 2.45) is 0 Å². The number of nitrogens with one attached hydrogen (secondary N) is 1. The van der Waals surface area contributed by atoms with E-state index in [1.807, 2.05) is 6.92 Å². The average molecular weight is 269 g/mol. The zero-order valence-corrected chi connectivity index (χ0v) is 11.5. The van der Waals surface area contributed by atoms with Crippen LogP contribution in [0.25, 0.3) is 0 Å². The maximum atomic E-state index is 10.8. The van der Waals surface area contributed by atoms with Gasteiger partial charge in [-0.3, -0.25) is 0 Å². The maximum Gasteiger partial charge on any atom is 0.148 e. The molecule has 2 N–H and O–H groups in total. The van der Waals surface area contributed by atoms with Gasteiger partial charge >= 0.3 is 0 Å². The molecule has 2 unspecified atom stereocenters. The van der Waals surface area contributed by atoms with Crippen LogP contribution in [0.4, 0.5) is 0 Å². The van der Waals surface area contributed by atoms with Gasteiger partial charge in [-0.1, -0.05) is 0 Å². The Balaban J connectivity index is 3.50. The summed E-state index contributed by atoms with van der Waals surface area (Å²) in [7, 11) is -1.36. The van der Waals surface area contributed by atoms with E-state index in [0.29, 0.717) is 19.7 Å². The van der Waals surface area contributed by atoms with Crippen molar-refractivity contribution in [2.45, 2.75) is 19.1 Å². The van der Waals surface area contributed by atoms with Crippen LogP contribution in [0.15, 0.2) is 0 Å². The molecule has 0 bridgehead atoms. The average Bonchev–Trinajstić information content (AvgIpc) is 2.21. The Morgan fingerprint density at radius 1 is 1.35 bits per heavy atom. The molecule has 0 saturated heterocycles. The molecule has 0 heterocycles. The van der Waals surface area contributed by atoms with Crippen LogP contribution >= 0.6 is 0 Å². The molecule has 2 atom stereocenters. The van der Waals surface area contributed by atoms with E-state index < -0.39 is 15.9 Å². The van der Waals surface area contributed by atoms with Crippen molar-refractivity contribution >= 4 is 9.84 Å². The number of ether oxygens (including phenoxy) is 2. The van der Waals surface area contributed by atoms with Gasteiger partial charge in [0.15, 0.2) is 0 Å². The van der Waals surface area contributed by atoms with Crippen LogP contribution in [0.3, 0.4) is 0 Å². The minimum Gasteiger partial charge on any atom is -0.389 e. The lowest BCUT2D eigenvalue weighted by atomic mass is 10.3. The molecule has 104 valence electrons. The quantitative estimate of drug-likeness (QED) is 0.497. The first-order chi connectivity index (χ1) is 7.85. The molecule has 0 aromatic carbocycles. The number of rotatable bonds is 10. The fourth-order valence-corrected chi connectivity index (χ4v) is 1.66. The van der Waals surface area contributed by atoms with Gasteiger partial charge in [0.1, 0.15) is 9.84 Å². The topological polar surface area (TPSA) is 84.9 Å². The number of hydrogen-bond donors (Lipinski definition) is 2. The summed E-state index contributed by atoms with van der Waals surface area (Å²) in [5.74, 6) is 0.0701. The number of hydrogen-bond acceptors (Lipinski definition) is 6. The van der Waals surface area contributed by atoms with E-state index in [-0.39, 0.29) is 18.5 Å². The van der Waals surface area contributed by atoms with E-state index in [2.05, 4.69) is 5.32 Å². The van der Waals surface area contributed by atoms with Gasteiger partial charge in [-0.15, -0.1) is 0 Å². The molecule has 0 aliphatic heterocycles. The molecule has 0 spiro atoms. The van der Waals surface area contributed by atoms with E-state index in [1.54, 1.807) is 7.11 Å². The smallest absolute Gasteiger partial charge is 0.148 e. The molecule has 6 nitrogen and oxygen atoms in total. The first-order valence-electron chi connectivity index (χ1n) is 5.52. The minimum atomic E-state index is -2.95. The summed E-state index contributed by atoms with van der Waals surface area (Å²) >= 11 is 0. The minimum absolute atomic E-state index is 0.0642. The molecule has 0 amide bonds. The van der Waals surface area contributed by atoms with Gasteiger partial charge in [-0.2, -0.15) is 0 Å². The highest BCUT2D eigenvalue weighted by molar-refractivity contribution is 7.90. The van der Waals surface area contributed by atoms with Crippen LogP contribution < -0.4 is 5.32 Å². The Bertz CT molecular complexity index is 280. The van der Waals surface area contributed by atoms with E-state index in [1.165, 1.54) is 6.26 Å². The fraction of sp³-hybridized carbons (Fsp3) is 1.00. The SMILES string of the molecule is COCC(C)OCC(O)CNCCS(C)(=O)=O. The first-order valence-corrected chi connectivity index (χ1v) is 7.58. The van der Waals surface area contributed by atoms with Crippen LogP contribution in [0.1, 0.15) is 6.92 Å². The van der Waals surface area contributed by atoms with Gasteiger partial charge < -0.3 is 19.9 Å². The molecular formula is C10H23NO5S. The molecular weight excluding hydrogens is 246 g/mol. The van der Waals surface area contributed by atoms with Gasteiger partial charge in [0.05, 0.1) is 31.2 Å². The maximum absolute atomic E-state index is 10.8. The number of methoxy groups -OCH3 is 1. The van der Waals surface area contributed by atoms with Gasteiger partial charge in [0.25, 0.3) is 0 Å². The van der Waals surface area contributed by atoms with Crippen molar-refractivity contribution in [2.75, 3.05) is 45.4 Å². The van der Waals surface area contributed by atoms with Gasteiger partial charge in [0, 0.05) is 26.5 Å². The van der Waals surface area contributed by atoms with Gasteiger partial charge in [0.2, 0.25) is 0 Å². The van der Waals surface area contributed by atoms with Crippen molar-refractivity contribution in [3.63, 3.8) is 0 Å². The Hall–Kier alpha value is -0.210. The van der Waals surface area contributed by atoms with Crippen molar-refractivity contribution < 1.29 is 23.0 Å². The molecule has 0 aliphatic carbocycles. The van der Waals surface area contributed by atoms with Crippen LogP contribution in [0, 0.1) is 0 Å². The second kappa shape index (κ2) is 8.82. The van der Waals surface area contributed by atoms with Gasteiger partial charge in [-0.05, 0) is 6.92 Å². The second-order valence-electron chi connectivity index (χ2n) is 4.09. The normalized spacial score (nSPS) is 15.8. The Morgan fingerprint density at radius 2 is 2.00 bits per heavy atom. The highest BCUT2D eigenvalue weighted by Gasteiger charge is 2.08. The lowest BCUT2D eigenvalue weighted by molar-refractivity contribution is -0.0309. The van der Waals surface area contributed by atoms with Crippen molar-refractivity contribution in [3.05, 3.63) is 0 Å². The third kappa shape index (κ3) is 12.0. The molecule has 0 aromatic rings. The molecule has 0 fully saturated rings. The zero-order chi connectivity index (χ0) is 13.3. The lowest BCUT2D eigenvalue weighted by Crippen LogP contribution is -2.34. The molecule has 7 heteroatoms. The van der Waals surface area contributed by atoms with Crippen molar-refractivity contribution in [1.82, 2.24) is 5.32 Å². The summed E-state index contributed by atoms with van der Waals surface area (Å²) in [5, 5.41) is 12.4. The summed E-state index contributed by atoms with van der Waals surface area (Å²) < 4.78 is 31.8. The predicted octanol–water partition coefficient (Wildman–Crippen LogP) is -0.967. The first kappa shape index (κ1) is 16.8. The fourth-order valence-electron chi connectivity index (χ4n) is 1.14. The van der Waals surface area contributed by atoms with Crippen molar-refractivity contribution in [1.29, 1.82) is 0 Å². The second-order valence-corrected chi connectivity index (χ2v) is 6.35. The Labute approximate surface area is 103 Å². The zero-order valence-electron chi connectivity index (χ0n) is 10.7. The van der Waals surface area contributed by atoms with E-state index in [4.69, 9.17) is 9.47 Å². The summed E-state index contributed by atoms with van der Waals surface area (Å²) in [6.45, 7) is 3.19. The highest BCUT2D eigenvalue weighted by Crippen LogP contribution is 1.93. The predicted molar refractivity (Wildman–Crippen MR) is 65.9 cm³/mol. The van der Waals surface area contributed by atoms with E-state index in [9.17, 15) is 13.5 Å². The third-order valence-electron chi connectivity index (χ3n) is 2.00. The standard InChI is InChI=1S/C10H23NO5S/c1-9(7-15-2)16-8-10(12)6-11-4-5-17(3,13)14/h9-12H,4-8H2,1-3H3. The number of aliphatic hydroxyl groups excluding tert-OH is 1. The summed E-state index contributed by atoms with van der Waals surface area (Å²) in [5.41, 5.74) is 0. The molecule has 17 heavy (non-hydrogen) atoms. The van der Waals surface area contributed by atoms with Crippen LogP contribution in [-0.4, -0.2) is 71.2 Å². The summed E-state index contributed by atoms with van der Waals surface area (Å²) in [6.07, 6.45) is 0.472. The van der Waals surface area contributed by atoms with Crippen LogP contribution in [0.2, 0.25) is 0 Å². The molecule has 0 aromatic heterocycles. The summed E-state index contributed by atoms with van der Waals surface area (Å²) in [4.78, 5) is 0. The summed E-state index contributed by atoms with van der Waals surface area (Å²) in [6, 6.07) is 0. The van der Waals surface area contributed by atoms with Crippen molar-refractivity contribution in [3.8, 4) is 0 Å². The number of sulfone groups is 1. The monoisotopic (exact) mass is 269 g/mol. The molecule has 0 rings (SSSR count). The van der Waals surface area contributed by atoms with Gasteiger partial charge in [-0.25, -0.2) is 8.42 Å².